The lowest BCUT2D eigenvalue weighted by molar-refractivity contribution is -0.0951. The highest BCUT2D eigenvalue weighted by molar-refractivity contribution is 5.65. The number of nitrogens with one attached hydrogen (secondary N) is 1. The van der Waals surface area contributed by atoms with Crippen LogP contribution in [0.3, 0.4) is 0 Å². The van der Waals surface area contributed by atoms with Crippen molar-refractivity contribution in [1.82, 2.24) is 34.3 Å². The fraction of sp³-hybridized carbons (Fsp3) is 0.381. The van der Waals surface area contributed by atoms with Gasteiger partial charge in [-0.05, 0) is 44.4 Å². The molecule has 0 aromatic carbocycles. The average molecular weight is 404 g/mol. The van der Waals surface area contributed by atoms with Gasteiger partial charge in [0.1, 0.15) is 11.6 Å². The van der Waals surface area contributed by atoms with E-state index in [1.807, 2.05) is 48.8 Å². The lowest BCUT2D eigenvalue weighted by atomic mass is 9.77. The van der Waals surface area contributed by atoms with Gasteiger partial charge in [0.25, 0.3) is 0 Å². The Labute approximate surface area is 174 Å². The number of pyridine rings is 1. The Bertz CT molecular complexity index is 1180. The number of hydrogen-bond acceptors (Lipinski definition) is 7. The molecular formula is C21H24N8O. The van der Waals surface area contributed by atoms with Crippen molar-refractivity contribution in [2.45, 2.75) is 38.2 Å². The van der Waals surface area contributed by atoms with Gasteiger partial charge in [-0.25, -0.2) is 9.97 Å². The van der Waals surface area contributed by atoms with Crippen LogP contribution in [0.25, 0.3) is 16.9 Å². The van der Waals surface area contributed by atoms with Crippen molar-refractivity contribution in [2.75, 3.05) is 11.9 Å². The van der Waals surface area contributed by atoms with Crippen molar-refractivity contribution >= 4 is 17.4 Å². The lowest BCUT2D eigenvalue weighted by Crippen LogP contribution is -2.42. The van der Waals surface area contributed by atoms with Crippen molar-refractivity contribution in [2.24, 2.45) is 7.05 Å². The standard InChI is InChI=1S/C21H24N8O/c1-3-30-21(8-4-9-21)14-19-27-26-18-13-15(7-12-29(18)19)16-5-10-22-20(24-16)25-17-6-11-23-28(17)2/h5-7,10-13H,3-4,8-9,14H2,1-2H3,(H,22,24,25). The number of aromatic nitrogens is 7. The predicted molar refractivity (Wildman–Crippen MR) is 112 cm³/mol. The molecule has 0 saturated heterocycles. The third-order valence-electron chi connectivity index (χ3n) is 5.69. The Hall–Kier alpha value is -3.33. The van der Waals surface area contributed by atoms with Crippen LogP contribution < -0.4 is 5.32 Å². The molecule has 0 amide bonds. The molecule has 9 nitrogen and oxygen atoms in total. The fourth-order valence-corrected chi connectivity index (χ4v) is 3.95. The molecule has 1 N–H and O–H groups in total. The van der Waals surface area contributed by atoms with E-state index in [4.69, 9.17) is 4.74 Å². The molecule has 0 aliphatic heterocycles. The number of hydrogen-bond donors (Lipinski definition) is 1. The van der Waals surface area contributed by atoms with Crippen molar-refractivity contribution in [3.63, 3.8) is 0 Å². The molecule has 1 aliphatic carbocycles. The monoisotopic (exact) mass is 404 g/mol. The zero-order valence-corrected chi connectivity index (χ0v) is 17.1. The number of anilines is 2. The molecule has 0 atom stereocenters. The zero-order valence-electron chi connectivity index (χ0n) is 17.1. The van der Waals surface area contributed by atoms with Gasteiger partial charge in [-0.15, -0.1) is 10.2 Å². The van der Waals surface area contributed by atoms with E-state index < -0.39 is 0 Å². The van der Waals surface area contributed by atoms with Crippen LogP contribution in [0.5, 0.6) is 0 Å². The molecule has 9 heteroatoms. The van der Waals surface area contributed by atoms with Crippen LogP contribution in [-0.2, 0) is 18.2 Å². The Balaban J connectivity index is 1.41. The second kappa shape index (κ2) is 7.49. The summed E-state index contributed by atoms with van der Waals surface area (Å²) in [6.45, 7) is 2.77. The molecule has 0 bridgehead atoms. The van der Waals surface area contributed by atoms with E-state index in [1.54, 1.807) is 17.1 Å². The van der Waals surface area contributed by atoms with Crippen molar-refractivity contribution in [1.29, 1.82) is 0 Å². The first-order chi connectivity index (χ1) is 14.7. The van der Waals surface area contributed by atoms with E-state index in [0.29, 0.717) is 5.95 Å². The van der Waals surface area contributed by atoms with Crippen LogP contribution in [0.1, 0.15) is 32.0 Å². The first kappa shape index (κ1) is 18.7. The summed E-state index contributed by atoms with van der Waals surface area (Å²) in [6.07, 6.45) is 9.64. The Morgan fingerprint density at radius 3 is 2.80 bits per heavy atom. The van der Waals surface area contributed by atoms with Gasteiger partial charge >= 0.3 is 0 Å². The summed E-state index contributed by atoms with van der Waals surface area (Å²) >= 11 is 0. The van der Waals surface area contributed by atoms with Gasteiger partial charge in [0.05, 0.1) is 17.5 Å². The fourth-order valence-electron chi connectivity index (χ4n) is 3.95. The van der Waals surface area contributed by atoms with Gasteiger partial charge in [0, 0.05) is 44.1 Å². The van der Waals surface area contributed by atoms with Crippen LogP contribution in [-0.4, -0.2) is 46.6 Å². The Morgan fingerprint density at radius 1 is 1.17 bits per heavy atom. The number of fused-ring (bicyclic) bond motifs is 1. The maximum absolute atomic E-state index is 6.03. The molecule has 1 aliphatic rings. The molecule has 1 saturated carbocycles. The molecule has 1 fully saturated rings. The number of ether oxygens (including phenoxy) is 1. The molecule has 154 valence electrons. The minimum atomic E-state index is -0.0740. The minimum Gasteiger partial charge on any atom is -0.375 e. The maximum atomic E-state index is 6.03. The average Bonchev–Trinajstić information content (AvgIpc) is 3.32. The van der Waals surface area contributed by atoms with Gasteiger partial charge in [-0.1, -0.05) is 0 Å². The van der Waals surface area contributed by atoms with Crippen molar-refractivity contribution < 1.29 is 4.74 Å². The van der Waals surface area contributed by atoms with E-state index in [2.05, 4.69) is 30.6 Å². The third-order valence-corrected chi connectivity index (χ3v) is 5.69. The SMILES string of the molecule is CCOC1(Cc2nnc3cc(-c4ccnc(Nc5ccnn5C)n4)ccn23)CCC1. The summed E-state index contributed by atoms with van der Waals surface area (Å²) in [5.41, 5.74) is 2.50. The normalized spacial score (nSPS) is 15.3. The second-order valence-electron chi connectivity index (χ2n) is 7.64. The molecule has 4 aromatic heterocycles. The quantitative estimate of drug-likeness (QED) is 0.505. The largest absolute Gasteiger partial charge is 0.375 e. The lowest BCUT2D eigenvalue weighted by Gasteiger charge is -2.41. The van der Waals surface area contributed by atoms with E-state index in [1.165, 1.54) is 6.42 Å². The summed E-state index contributed by atoms with van der Waals surface area (Å²) < 4.78 is 9.81. The highest BCUT2D eigenvalue weighted by atomic mass is 16.5. The Kier molecular flexibility index (Phi) is 4.66. The van der Waals surface area contributed by atoms with E-state index in [0.717, 1.165) is 54.4 Å². The van der Waals surface area contributed by atoms with Gasteiger partial charge in [-0.3, -0.25) is 9.08 Å². The van der Waals surface area contributed by atoms with Crippen molar-refractivity contribution in [3.8, 4) is 11.3 Å². The number of aryl methyl sites for hydroxylation is 1. The molecule has 30 heavy (non-hydrogen) atoms. The van der Waals surface area contributed by atoms with E-state index in [-0.39, 0.29) is 5.60 Å². The number of rotatable bonds is 7. The maximum Gasteiger partial charge on any atom is 0.228 e. The second-order valence-corrected chi connectivity index (χ2v) is 7.64. The topological polar surface area (TPSA) is 95.0 Å². The molecular weight excluding hydrogens is 380 g/mol. The summed E-state index contributed by atoms with van der Waals surface area (Å²) in [5, 5.41) is 16.2. The van der Waals surface area contributed by atoms with Crippen LogP contribution in [0.4, 0.5) is 11.8 Å². The first-order valence-electron chi connectivity index (χ1n) is 10.2. The first-order valence-corrected chi connectivity index (χ1v) is 10.2. The van der Waals surface area contributed by atoms with Gasteiger partial charge in [0.15, 0.2) is 5.65 Å². The molecule has 0 spiro atoms. The van der Waals surface area contributed by atoms with Gasteiger partial charge < -0.3 is 10.1 Å². The highest BCUT2D eigenvalue weighted by Crippen LogP contribution is 2.38. The molecule has 0 radical (unpaired) electrons. The molecule has 0 unspecified atom stereocenters. The van der Waals surface area contributed by atoms with Crippen LogP contribution in [0.15, 0.2) is 42.9 Å². The van der Waals surface area contributed by atoms with Crippen LogP contribution in [0, 0.1) is 0 Å². The summed E-state index contributed by atoms with van der Waals surface area (Å²) in [6, 6.07) is 7.79. The molecule has 4 aromatic rings. The summed E-state index contributed by atoms with van der Waals surface area (Å²) in [7, 11) is 1.86. The van der Waals surface area contributed by atoms with Gasteiger partial charge in [-0.2, -0.15) is 5.10 Å². The highest BCUT2D eigenvalue weighted by Gasteiger charge is 2.39. The van der Waals surface area contributed by atoms with E-state index >= 15 is 0 Å². The zero-order chi connectivity index (χ0) is 20.6. The van der Waals surface area contributed by atoms with Gasteiger partial charge in [0.2, 0.25) is 5.95 Å². The summed E-state index contributed by atoms with van der Waals surface area (Å²) in [5.74, 6) is 2.27. The van der Waals surface area contributed by atoms with E-state index in [9.17, 15) is 0 Å². The Morgan fingerprint density at radius 2 is 2.07 bits per heavy atom. The minimum absolute atomic E-state index is 0.0740. The van der Waals surface area contributed by atoms with Crippen LogP contribution in [0.2, 0.25) is 0 Å². The molecule has 4 heterocycles. The predicted octanol–water partition coefficient (Wildman–Crippen LogP) is 3.17. The third kappa shape index (κ3) is 3.41. The van der Waals surface area contributed by atoms with Crippen LogP contribution >= 0.6 is 0 Å². The number of nitrogens with zero attached hydrogens (tertiary/aromatic N) is 7. The van der Waals surface area contributed by atoms with Crippen molar-refractivity contribution in [3.05, 3.63) is 48.7 Å². The summed E-state index contributed by atoms with van der Waals surface area (Å²) in [4.78, 5) is 8.95. The smallest absolute Gasteiger partial charge is 0.228 e. The molecule has 5 rings (SSSR count).